The fraction of sp³-hybridized carbons (Fsp3) is 0. The predicted octanol–water partition coefficient (Wildman–Crippen LogP) is 12.2. The van der Waals surface area contributed by atoms with Crippen LogP contribution in [0.5, 0.6) is 0 Å². The van der Waals surface area contributed by atoms with Gasteiger partial charge in [-0.2, -0.15) is 0 Å². The smallest absolute Gasteiger partial charge is 0.0632 e. The van der Waals surface area contributed by atoms with Crippen LogP contribution in [0.2, 0.25) is 0 Å². The van der Waals surface area contributed by atoms with Crippen LogP contribution in [0.1, 0.15) is 0 Å². The summed E-state index contributed by atoms with van der Waals surface area (Å²) < 4.78 is 2.48. The lowest BCUT2D eigenvalue weighted by atomic mass is 9.93. The van der Waals surface area contributed by atoms with E-state index in [1.807, 2.05) is 49.1 Å². The maximum absolute atomic E-state index is 4.25. The minimum absolute atomic E-state index is 1.04. The second-order valence-corrected chi connectivity index (χ2v) is 12.7. The van der Waals surface area contributed by atoms with Crippen molar-refractivity contribution < 1.29 is 0 Å². The summed E-state index contributed by atoms with van der Waals surface area (Å²) in [7, 11) is 0. The van der Waals surface area contributed by atoms with E-state index in [0.29, 0.717) is 0 Å². The molecule has 0 N–H and O–H groups in total. The normalized spacial score (nSPS) is 11.6. The zero-order chi connectivity index (χ0) is 33.0. The van der Waals surface area contributed by atoms with Gasteiger partial charge in [0.15, 0.2) is 0 Å². The van der Waals surface area contributed by atoms with Crippen LogP contribution < -0.4 is 4.90 Å². The Morgan fingerprint density at radius 3 is 1.66 bits per heavy atom. The molecule has 50 heavy (non-hydrogen) atoms. The molecule has 0 aliphatic heterocycles. The van der Waals surface area contributed by atoms with Crippen molar-refractivity contribution in [3.8, 4) is 16.8 Å². The quantitative estimate of drug-likeness (QED) is 0.176. The van der Waals surface area contributed by atoms with Crippen LogP contribution in [0.4, 0.5) is 17.1 Å². The van der Waals surface area contributed by atoms with E-state index < -0.39 is 0 Å². The molecule has 0 aliphatic carbocycles. The summed E-state index contributed by atoms with van der Waals surface area (Å²) in [5.41, 5.74) is 9.06. The van der Waals surface area contributed by atoms with Crippen molar-refractivity contribution in [2.75, 3.05) is 4.90 Å². The van der Waals surface area contributed by atoms with Crippen LogP contribution in [0.25, 0.3) is 70.9 Å². The van der Waals surface area contributed by atoms with Gasteiger partial charge in [0, 0.05) is 63.7 Å². The molecule has 10 aromatic rings. The number of pyridine rings is 2. The highest BCUT2D eigenvalue weighted by atomic mass is 15.1. The maximum Gasteiger partial charge on any atom is 0.0632 e. The molecule has 0 spiro atoms. The Labute approximate surface area is 289 Å². The van der Waals surface area contributed by atoms with E-state index in [9.17, 15) is 0 Å². The van der Waals surface area contributed by atoms with Crippen LogP contribution >= 0.6 is 0 Å². The van der Waals surface area contributed by atoms with E-state index in [1.54, 1.807) is 0 Å². The minimum Gasteiger partial charge on any atom is -0.310 e. The van der Waals surface area contributed by atoms with Crippen molar-refractivity contribution in [3.63, 3.8) is 0 Å². The van der Waals surface area contributed by atoms with Gasteiger partial charge in [0.25, 0.3) is 0 Å². The Bertz CT molecular complexity index is 2800. The monoisotopic (exact) mass is 638 g/mol. The van der Waals surface area contributed by atoms with Crippen LogP contribution in [0.15, 0.2) is 183 Å². The number of benzene rings is 7. The van der Waals surface area contributed by atoms with Crippen molar-refractivity contribution in [2.24, 2.45) is 0 Å². The summed E-state index contributed by atoms with van der Waals surface area (Å²) in [4.78, 5) is 10.7. The molecule has 0 amide bonds. The predicted molar refractivity (Wildman–Crippen MR) is 209 cm³/mol. The molecular weight excluding hydrogens is 609 g/mol. The van der Waals surface area contributed by atoms with Crippen molar-refractivity contribution >= 4 is 71.2 Å². The molecule has 4 nitrogen and oxygen atoms in total. The fourth-order valence-corrected chi connectivity index (χ4v) is 7.75. The first-order chi connectivity index (χ1) is 24.8. The van der Waals surface area contributed by atoms with Gasteiger partial charge in [-0.1, -0.05) is 103 Å². The zero-order valence-corrected chi connectivity index (χ0v) is 27.1. The summed E-state index contributed by atoms with van der Waals surface area (Å²) in [6.45, 7) is 0. The lowest BCUT2D eigenvalue weighted by molar-refractivity contribution is 1.19. The lowest BCUT2D eigenvalue weighted by Gasteiger charge is -2.25. The maximum atomic E-state index is 4.25. The Morgan fingerprint density at radius 2 is 0.940 bits per heavy atom. The third-order valence-corrected chi connectivity index (χ3v) is 9.94. The van der Waals surface area contributed by atoms with E-state index in [1.165, 1.54) is 59.7 Å². The van der Waals surface area contributed by atoms with Crippen molar-refractivity contribution in [3.05, 3.63) is 183 Å². The van der Waals surface area contributed by atoms with Gasteiger partial charge in [-0.15, -0.1) is 0 Å². The number of para-hydroxylation sites is 1. The number of hydrogen-bond acceptors (Lipinski definition) is 3. The molecule has 10 rings (SSSR count). The third-order valence-electron chi connectivity index (χ3n) is 9.94. The molecule has 0 fully saturated rings. The van der Waals surface area contributed by atoms with Gasteiger partial charge in [0.1, 0.15) is 0 Å². The van der Waals surface area contributed by atoms with E-state index in [4.69, 9.17) is 0 Å². The highest BCUT2D eigenvalue weighted by molar-refractivity contribution is 6.36. The Balaban J connectivity index is 1.23. The first-order valence-corrected chi connectivity index (χ1v) is 16.9. The summed E-state index contributed by atoms with van der Waals surface area (Å²) in [5.74, 6) is 0. The average Bonchev–Trinajstić information content (AvgIpc) is 3.54. The Kier molecular flexibility index (Phi) is 6.46. The number of nitrogens with zero attached hydrogens (tertiary/aromatic N) is 4. The van der Waals surface area contributed by atoms with Crippen LogP contribution in [-0.4, -0.2) is 14.5 Å². The van der Waals surface area contributed by atoms with Gasteiger partial charge in [-0.3, -0.25) is 9.97 Å². The highest BCUT2D eigenvalue weighted by Gasteiger charge is 2.21. The highest BCUT2D eigenvalue weighted by Crippen LogP contribution is 2.45. The summed E-state index contributed by atoms with van der Waals surface area (Å²) in [6, 6.07) is 56.9. The molecule has 4 heteroatoms. The number of anilines is 3. The largest absolute Gasteiger partial charge is 0.310 e. The van der Waals surface area contributed by atoms with E-state index >= 15 is 0 Å². The molecule has 3 heterocycles. The average molecular weight is 639 g/mol. The molecular formula is C46H30N4. The van der Waals surface area contributed by atoms with Crippen LogP contribution in [0, 0.1) is 0 Å². The van der Waals surface area contributed by atoms with Gasteiger partial charge < -0.3 is 9.47 Å². The topological polar surface area (TPSA) is 34.0 Å². The second kappa shape index (κ2) is 11.4. The minimum atomic E-state index is 1.04. The molecule has 3 aromatic heterocycles. The first kappa shape index (κ1) is 28.3. The molecule has 0 aliphatic rings. The fourth-order valence-electron chi connectivity index (χ4n) is 7.75. The SMILES string of the molecule is c1ccc(-n2c3cc(-c4ccc(N(c5ccncc5)c5ccncc5)cc4)ccc3c3c4ccccc4c4ccc5ccccc5c4c32)cc1. The molecule has 0 bridgehead atoms. The lowest BCUT2D eigenvalue weighted by Crippen LogP contribution is -2.09. The van der Waals surface area contributed by atoms with Crippen LogP contribution in [-0.2, 0) is 0 Å². The van der Waals surface area contributed by atoms with Gasteiger partial charge in [-0.25, -0.2) is 0 Å². The van der Waals surface area contributed by atoms with E-state index in [-0.39, 0.29) is 0 Å². The molecule has 0 radical (unpaired) electrons. The number of fused-ring (bicyclic) bond motifs is 10. The van der Waals surface area contributed by atoms with Crippen LogP contribution in [0.3, 0.4) is 0 Å². The zero-order valence-electron chi connectivity index (χ0n) is 27.1. The summed E-state index contributed by atoms with van der Waals surface area (Å²) >= 11 is 0. The Hall–Kier alpha value is -6.78. The second-order valence-electron chi connectivity index (χ2n) is 12.7. The van der Waals surface area contributed by atoms with Crippen molar-refractivity contribution in [1.82, 2.24) is 14.5 Å². The van der Waals surface area contributed by atoms with E-state index in [2.05, 4.69) is 153 Å². The number of aromatic nitrogens is 3. The van der Waals surface area contributed by atoms with Crippen molar-refractivity contribution in [2.45, 2.75) is 0 Å². The first-order valence-electron chi connectivity index (χ1n) is 16.9. The van der Waals surface area contributed by atoms with Gasteiger partial charge in [0.05, 0.1) is 11.0 Å². The number of rotatable bonds is 5. The van der Waals surface area contributed by atoms with Gasteiger partial charge >= 0.3 is 0 Å². The number of hydrogen-bond donors (Lipinski definition) is 0. The summed E-state index contributed by atoms with van der Waals surface area (Å²) in [6.07, 6.45) is 7.31. The molecule has 7 aromatic carbocycles. The van der Waals surface area contributed by atoms with Gasteiger partial charge in [-0.05, 0) is 92.7 Å². The Morgan fingerprint density at radius 1 is 0.400 bits per heavy atom. The van der Waals surface area contributed by atoms with Crippen molar-refractivity contribution in [1.29, 1.82) is 0 Å². The van der Waals surface area contributed by atoms with E-state index in [0.717, 1.165) is 28.3 Å². The molecule has 0 unspecified atom stereocenters. The third kappa shape index (κ3) is 4.39. The molecule has 0 saturated carbocycles. The summed E-state index contributed by atoms with van der Waals surface area (Å²) in [5, 5.41) is 10.2. The molecule has 0 atom stereocenters. The van der Waals surface area contributed by atoms with Gasteiger partial charge in [0.2, 0.25) is 0 Å². The standard InChI is InChI=1S/C46H30N4/c1-2-9-34(10-3-1)50-43-30-33(31-14-18-35(19-15-31)49(36-22-26-47-27-23-36)37-24-28-48-29-25-37)17-21-42(43)45-40-13-7-6-12-39(40)41-20-16-32-8-4-5-11-38(32)44(41)46(45)50/h1-30H. The molecule has 234 valence electrons. The molecule has 0 saturated heterocycles.